The van der Waals surface area contributed by atoms with Crippen LogP contribution in [0.3, 0.4) is 0 Å². The number of esters is 1. The van der Waals surface area contributed by atoms with Crippen molar-refractivity contribution < 1.29 is 9.53 Å². The summed E-state index contributed by atoms with van der Waals surface area (Å²) < 4.78 is 4.66. The van der Waals surface area contributed by atoms with Gasteiger partial charge in [-0.25, -0.2) is 4.79 Å². The molecule has 1 aromatic carbocycles. The lowest BCUT2D eigenvalue weighted by atomic mass is 10.0. The van der Waals surface area contributed by atoms with E-state index in [1.165, 1.54) is 7.11 Å². The molecule has 0 fully saturated rings. The van der Waals surface area contributed by atoms with Gasteiger partial charge in [0, 0.05) is 4.90 Å². The minimum absolute atomic E-state index is 0.415. The number of aryl methyl sites for hydroxylation is 1. The normalized spacial score (nSPS) is 9.47. The number of ether oxygens (including phenoxy) is 1. The summed E-state index contributed by atoms with van der Waals surface area (Å²) in [6.45, 7) is 1.91. The van der Waals surface area contributed by atoms with E-state index in [4.69, 9.17) is 5.26 Å². The van der Waals surface area contributed by atoms with Crippen LogP contribution < -0.4 is 0 Å². The Morgan fingerprint density at radius 3 is 2.73 bits per heavy atom. The molecule has 0 aliphatic carbocycles. The lowest BCUT2D eigenvalue weighted by Gasteiger charge is -2.09. The lowest BCUT2D eigenvalue weighted by Crippen LogP contribution is -2.07. The zero-order chi connectivity index (χ0) is 11.4. The minimum atomic E-state index is -0.415. The quantitative estimate of drug-likeness (QED) is 0.615. The van der Waals surface area contributed by atoms with Crippen molar-refractivity contribution in [1.29, 1.82) is 5.26 Å². The van der Waals surface area contributed by atoms with Gasteiger partial charge in [0.05, 0.1) is 24.3 Å². The third-order valence-corrected chi connectivity index (χ3v) is 2.45. The number of carbonyl (C=O) groups excluding carboxylic acids is 1. The third kappa shape index (κ3) is 2.31. The van der Waals surface area contributed by atoms with Gasteiger partial charge in [0.25, 0.3) is 0 Å². The largest absolute Gasteiger partial charge is 0.465 e. The molecular weight excluding hydrogens is 210 g/mol. The van der Waals surface area contributed by atoms with Gasteiger partial charge in [0.15, 0.2) is 0 Å². The predicted molar refractivity (Wildman–Crippen MR) is 59.1 cm³/mol. The minimum Gasteiger partial charge on any atom is -0.465 e. The average molecular weight is 221 g/mol. The van der Waals surface area contributed by atoms with Gasteiger partial charge >= 0.3 is 5.97 Å². The van der Waals surface area contributed by atoms with Crippen LogP contribution in [0.5, 0.6) is 0 Å². The second-order valence-electron chi connectivity index (χ2n) is 2.99. The zero-order valence-electron chi connectivity index (χ0n) is 8.57. The fourth-order valence-electron chi connectivity index (χ4n) is 1.37. The Labute approximate surface area is 94.1 Å². The standard InChI is InChI=1S/C11H11NO2S/c1-3-8-4-7(6-12)5-9(15)10(8)11(13)14-2/h4-5,15H,3H2,1-2H3. The van der Waals surface area contributed by atoms with E-state index >= 15 is 0 Å². The summed E-state index contributed by atoms with van der Waals surface area (Å²) in [5, 5.41) is 8.77. The highest BCUT2D eigenvalue weighted by molar-refractivity contribution is 7.80. The highest BCUT2D eigenvalue weighted by atomic mass is 32.1. The van der Waals surface area contributed by atoms with Gasteiger partial charge in [-0.1, -0.05) is 6.92 Å². The molecule has 0 aliphatic heterocycles. The maximum atomic E-state index is 11.5. The molecule has 3 nitrogen and oxygen atoms in total. The van der Waals surface area contributed by atoms with Gasteiger partial charge < -0.3 is 4.74 Å². The van der Waals surface area contributed by atoms with Crippen LogP contribution in [0.1, 0.15) is 28.4 Å². The molecule has 0 saturated carbocycles. The van der Waals surface area contributed by atoms with Crippen LogP contribution in [0.2, 0.25) is 0 Å². The van der Waals surface area contributed by atoms with Crippen LogP contribution in [0.4, 0.5) is 0 Å². The molecule has 0 N–H and O–H groups in total. The number of thiol groups is 1. The van der Waals surface area contributed by atoms with Crippen LogP contribution in [-0.4, -0.2) is 13.1 Å². The lowest BCUT2D eigenvalue weighted by molar-refractivity contribution is 0.0595. The number of nitriles is 1. The van der Waals surface area contributed by atoms with E-state index in [1.54, 1.807) is 12.1 Å². The maximum absolute atomic E-state index is 11.5. The van der Waals surface area contributed by atoms with Crippen molar-refractivity contribution in [2.75, 3.05) is 7.11 Å². The molecule has 0 heterocycles. The van der Waals surface area contributed by atoms with Crippen LogP contribution in [-0.2, 0) is 11.2 Å². The molecule has 0 aromatic heterocycles. The molecule has 0 aliphatic rings. The number of hydrogen-bond acceptors (Lipinski definition) is 4. The Morgan fingerprint density at radius 1 is 1.60 bits per heavy atom. The molecule has 0 spiro atoms. The highest BCUT2D eigenvalue weighted by Gasteiger charge is 2.15. The molecule has 1 aromatic rings. The number of hydrogen-bond donors (Lipinski definition) is 1. The van der Waals surface area contributed by atoms with E-state index in [0.29, 0.717) is 22.4 Å². The molecule has 4 heteroatoms. The van der Waals surface area contributed by atoms with E-state index in [0.717, 1.165) is 5.56 Å². The van der Waals surface area contributed by atoms with Gasteiger partial charge in [-0.2, -0.15) is 5.26 Å². The van der Waals surface area contributed by atoms with Crippen LogP contribution in [0.25, 0.3) is 0 Å². The Balaban J connectivity index is 3.39. The maximum Gasteiger partial charge on any atom is 0.339 e. The number of methoxy groups -OCH3 is 1. The Hall–Kier alpha value is -1.47. The molecule has 0 radical (unpaired) electrons. The van der Waals surface area contributed by atoms with Gasteiger partial charge in [0.1, 0.15) is 0 Å². The first-order chi connectivity index (χ1) is 7.13. The van der Waals surface area contributed by atoms with Crippen molar-refractivity contribution >= 4 is 18.6 Å². The molecular formula is C11H11NO2S. The molecule has 15 heavy (non-hydrogen) atoms. The first kappa shape index (κ1) is 11.6. The topological polar surface area (TPSA) is 50.1 Å². The van der Waals surface area contributed by atoms with E-state index in [1.807, 2.05) is 13.0 Å². The first-order valence-electron chi connectivity index (χ1n) is 4.48. The summed E-state index contributed by atoms with van der Waals surface area (Å²) in [4.78, 5) is 11.9. The van der Waals surface area contributed by atoms with Gasteiger partial charge in [-0.05, 0) is 24.1 Å². The highest BCUT2D eigenvalue weighted by Crippen LogP contribution is 2.22. The van der Waals surface area contributed by atoms with Gasteiger partial charge in [-0.3, -0.25) is 0 Å². The number of carbonyl (C=O) groups is 1. The van der Waals surface area contributed by atoms with Crippen molar-refractivity contribution in [3.8, 4) is 6.07 Å². The third-order valence-electron chi connectivity index (χ3n) is 2.10. The molecule has 0 saturated heterocycles. The van der Waals surface area contributed by atoms with E-state index < -0.39 is 5.97 Å². The van der Waals surface area contributed by atoms with Crippen molar-refractivity contribution in [1.82, 2.24) is 0 Å². The SMILES string of the molecule is CCc1cc(C#N)cc(S)c1C(=O)OC. The average Bonchev–Trinajstić information content (AvgIpc) is 2.26. The van der Waals surface area contributed by atoms with Gasteiger partial charge in [-0.15, -0.1) is 12.6 Å². The van der Waals surface area contributed by atoms with Crippen molar-refractivity contribution in [3.63, 3.8) is 0 Å². The smallest absolute Gasteiger partial charge is 0.339 e. The van der Waals surface area contributed by atoms with Crippen LogP contribution >= 0.6 is 12.6 Å². The number of benzene rings is 1. The predicted octanol–water partition coefficient (Wildman–Crippen LogP) is 2.20. The van der Waals surface area contributed by atoms with Crippen molar-refractivity contribution in [2.24, 2.45) is 0 Å². The summed E-state index contributed by atoms with van der Waals surface area (Å²) in [5.41, 5.74) is 1.73. The van der Waals surface area contributed by atoms with Gasteiger partial charge in [0.2, 0.25) is 0 Å². The van der Waals surface area contributed by atoms with E-state index in [2.05, 4.69) is 17.4 Å². The Morgan fingerprint density at radius 2 is 2.27 bits per heavy atom. The second-order valence-corrected chi connectivity index (χ2v) is 3.47. The fraction of sp³-hybridized carbons (Fsp3) is 0.273. The molecule has 1 rings (SSSR count). The summed E-state index contributed by atoms with van der Waals surface area (Å²) >= 11 is 4.19. The van der Waals surface area contributed by atoms with Crippen LogP contribution in [0.15, 0.2) is 17.0 Å². The zero-order valence-corrected chi connectivity index (χ0v) is 9.47. The molecule has 0 bridgehead atoms. The summed E-state index contributed by atoms with van der Waals surface area (Å²) in [6, 6.07) is 5.28. The molecule has 0 amide bonds. The summed E-state index contributed by atoms with van der Waals surface area (Å²) in [5.74, 6) is -0.415. The second kappa shape index (κ2) is 4.85. The first-order valence-corrected chi connectivity index (χ1v) is 4.93. The molecule has 0 atom stereocenters. The summed E-state index contributed by atoms with van der Waals surface area (Å²) in [6.07, 6.45) is 0.660. The van der Waals surface area contributed by atoms with Crippen molar-refractivity contribution in [2.45, 2.75) is 18.2 Å². The van der Waals surface area contributed by atoms with Crippen molar-refractivity contribution in [3.05, 3.63) is 28.8 Å². The Kier molecular flexibility index (Phi) is 3.75. The summed E-state index contributed by atoms with van der Waals surface area (Å²) in [7, 11) is 1.33. The number of rotatable bonds is 2. The molecule has 0 unspecified atom stereocenters. The fourth-order valence-corrected chi connectivity index (χ4v) is 1.74. The monoisotopic (exact) mass is 221 g/mol. The Bertz CT molecular complexity index is 435. The van der Waals surface area contributed by atoms with E-state index in [9.17, 15) is 4.79 Å². The number of nitrogens with zero attached hydrogens (tertiary/aromatic N) is 1. The van der Waals surface area contributed by atoms with E-state index in [-0.39, 0.29) is 0 Å². The molecule has 78 valence electrons. The van der Waals surface area contributed by atoms with Crippen LogP contribution in [0, 0.1) is 11.3 Å².